The monoisotopic (exact) mass is 264 g/mol. The van der Waals surface area contributed by atoms with Gasteiger partial charge in [0, 0.05) is 25.6 Å². The summed E-state index contributed by atoms with van der Waals surface area (Å²) in [5.74, 6) is 1.94. The van der Waals surface area contributed by atoms with Crippen LogP contribution in [-0.2, 0) is 4.79 Å². The number of likely N-dealkylation sites (tertiary alicyclic amines) is 1. The number of carbonyl (C=O) groups excluding carboxylic acids is 1. The van der Waals surface area contributed by atoms with Crippen molar-refractivity contribution >= 4 is 5.91 Å². The molecular weight excluding hydrogens is 236 g/mol. The maximum absolute atomic E-state index is 12.3. The van der Waals surface area contributed by atoms with Gasteiger partial charge < -0.3 is 4.90 Å². The zero-order chi connectivity index (χ0) is 13.2. The van der Waals surface area contributed by atoms with Gasteiger partial charge in [-0.1, -0.05) is 13.3 Å². The summed E-state index contributed by atoms with van der Waals surface area (Å²) in [7, 11) is 0. The van der Waals surface area contributed by atoms with E-state index in [2.05, 4.69) is 16.7 Å². The Bertz CT molecular complexity index is 311. The van der Waals surface area contributed by atoms with Crippen LogP contribution < -0.4 is 0 Å². The fourth-order valence-corrected chi connectivity index (χ4v) is 4.57. The lowest BCUT2D eigenvalue weighted by Crippen LogP contribution is -2.61. The first kappa shape index (κ1) is 13.4. The van der Waals surface area contributed by atoms with Crippen LogP contribution in [0.3, 0.4) is 0 Å². The first-order valence-electron chi connectivity index (χ1n) is 8.31. The SMILES string of the molecule is CCCCC(=O)N1C[C@H]2CCCN3CCC[C@@H](C1)C23. The predicted octanol–water partition coefficient (Wildman–Crippen LogP) is 2.51. The van der Waals surface area contributed by atoms with Crippen molar-refractivity contribution in [2.24, 2.45) is 11.8 Å². The Labute approximate surface area is 117 Å². The van der Waals surface area contributed by atoms with E-state index in [4.69, 9.17) is 0 Å². The van der Waals surface area contributed by atoms with E-state index in [0.29, 0.717) is 5.91 Å². The van der Waals surface area contributed by atoms with E-state index < -0.39 is 0 Å². The normalized spacial score (nSPS) is 35.0. The molecule has 1 unspecified atom stereocenters. The molecule has 3 aliphatic heterocycles. The highest BCUT2D eigenvalue weighted by Gasteiger charge is 2.44. The maximum atomic E-state index is 12.3. The first-order valence-corrected chi connectivity index (χ1v) is 8.31. The molecule has 19 heavy (non-hydrogen) atoms. The smallest absolute Gasteiger partial charge is 0.222 e. The summed E-state index contributed by atoms with van der Waals surface area (Å²) < 4.78 is 0. The van der Waals surface area contributed by atoms with Crippen molar-refractivity contribution < 1.29 is 4.79 Å². The third kappa shape index (κ3) is 2.67. The van der Waals surface area contributed by atoms with Crippen LogP contribution in [0, 0.1) is 11.8 Å². The van der Waals surface area contributed by atoms with Gasteiger partial charge in [0.25, 0.3) is 0 Å². The van der Waals surface area contributed by atoms with Crippen LogP contribution in [0.1, 0.15) is 51.9 Å². The van der Waals surface area contributed by atoms with Crippen molar-refractivity contribution in [3.05, 3.63) is 0 Å². The van der Waals surface area contributed by atoms with E-state index in [0.717, 1.165) is 50.2 Å². The lowest BCUT2D eigenvalue weighted by molar-refractivity contribution is -0.138. The van der Waals surface area contributed by atoms with Crippen molar-refractivity contribution in [3.63, 3.8) is 0 Å². The Balaban J connectivity index is 1.66. The van der Waals surface area contributed by atoms with E-state index in [-0.39, 0.29) is 0 Å². The number of piperidine rings is 3. The molecule has 0 aromatic heterocycles. The van der Waals surface area contributed by atoms with Gasteiger partial charge >= 0.3 is 0 Å². The molecule has 0 spiro atoms. The van der Waals surface area contributed by atoms with Gasteiger partial charge in [-0.3, -0.25) is 9.69 Å². The van der Waals surface area contributed by atoms with Gasteiger partial charge in [-0.25, -0.2) is 0 Å². The van der Waals surface area contributed by atoms with Crippen LogP contribution in [0.25, 0.3) is 0 Å². The molecule has 3 heteroatoms. The number of nitrogens with zero attached hydrogens (tertiary/aromatic N) is 2. The number of carbonyl (C=O) groups is 1. The topological polar surface area (TPSA) is 23.6 Å². The van der Waals surface area contributed by atoms with Gasteiger partial charge in [0.2, 0.25) is 5.91 Å². The van der Waals surface area contributed by atoms with Crippen molar-refractivity contribution in [3.8, 4) is 0 Å². The largest absolute Gasteiger partial charge is 0.342 e. The quantitative estimate of drug-likeness (QED) is 0.782. The summed E-state index contributed by atoms with van der Waals surface area (Å²) in [6.45, 7) is 6.86. The molecule has 108 valence electrons. The molecule has 3 fully saturated rings. The molecule has 0 N–H and O–H groups in total. The molecule has 3 heterocycles. The fraction of sp³-hybridized carbons (Fsp3) is 0.938. The lowest BCUT2D eigenvalue weighted by Gasteiger charge is -2.54. The summed E-state index contributed by atoms with van der Waals surface area (Å²) in [5, 5.41) is 0. The number of hydrogen-bond donors (Lipinski definition) is 0. The Kier molecular flexibility index (Phi) is 4.11. The summed E-state index contributed by atoms with van der Waals surface area (Å²) in [5.41, 5.74) is 0. The second-order valence-electron chi connectivity index (χ2n) is 6.73. The first-order chi connectivity index (χ1) is 9.29. The van der Waals surface area contributed by atoms with Crippen molar-refractivity contribution in [2.45, 2.75) is 57.9 Å². The highest BCUT2D eigenvalue weighted by atomic mass is 16.2. The van der Waals surface area contributed by atoms with Crippen molar-refractivity contribution in [1.29, 1.82) is 0 Å². The van der Waals surface area contributed by atoms with Crippen molar-refractivity contribution in [2.75, 3.05) is 26.2 Å². The van der Waals surface area contributed by atoms with E-state index in [1.54, 1.807) is 0 Å². The molecule has 0 radical (unpaired) electrons. The van der Waals surface area contributed by atoms with Gasteiger partial charge in [-0.15, -0.1) is 0 Å². The minimum atomic E-state index is 0.419. The predicted molar refractivity (Wildman–Crippen MR) is 76.9 cm³/mol. The summed E-state index contributed by atoms with van der Waals surface area (Å²) in [6.07, 6.45) is 8.31. The molecular formula is C16H28N2O. The third-order valence-electron chi connectivity index (χ3n) is 5.43. The summed E-state index contributed by atoms with van der Waals surface area (Å²) in [4.78, 5) is 17.2. The third-order valence-corrected chi connectivity index (χ3v) is 5.43. The number of rotatable bonds is 3. The molecule has 3 atom stereocenters. The molecule has 0 saturated carbocycles. The van der Waals surface area contributed by atoms with E-state index in [9.17, 15) is 4.79 Å². The van der Waals surface area contributed by atoms with E-state index in [1.165, 1.54) is 38.8 Å². The second-order valence-corrected chi connectivity index (χ2v) is 6.73. The molecule has 0 aromatic carbocycles. The van der Waals surface area contributed by atoms with Gasteiger partial charge in [-0.05, 0) is 57.0 Å². The number of amides is 1. The van der Waals surface area contributed by atoms with Crippen LogP contribution in [0.4, 0.5) is 0 Å². The van der Waals surface area contributed by atoms with Gasteiger partial charge in [0.05, 0.1) is 0 Å². The fourth-order valence-electron chi connectivity index (χ4n) is 4.57. The van der Waals surface area contributed by atoms with Crippen LogP contribution in [0.15, 0.2) is 0 Å². The molecule has 0 bridgehead atoms. The Hall–Kier alpha value is -0.570. The second kappa shape index (κ2) is 5.82. The van der Waals surface area contributed by atoms with Gasteiger partial charge in [-0.2, -0.15) is 0 Å². The lowest BCUT2D eigenvalue weighted by atomic mass is 9.73. The van der Waals surface area contributed by atoms with Crippen LogP contribution in [0.2, 0.25) is 0 Å². The molecule has 3 saturated heterocycles. The molecule has 1 amide bonds. The molecule has 3 nitrogen and oxygen atoms in total. The highest BCUT2D eigenvalue weighted by molar-refractivity contribution is 5.76. The standard InChI is InChI=1S/C16H28N2O/c1-2-3-8-15(19)18-11-13-6-4-9-17-10-5-7-14(12-18)16(13)17/h13-14,16H,2-12H2,1H3/t13-,14+,16?. The average molecular weight is 264 g/mol. The maximum Gasteiger partial charge on any atom is 0.222 e. The molecule has 0 aromatic rings. The molecule has 0 aliphatic carbocycles. The number of hydrogen-bond acceptors (Lipinski definition) is 2. The van der Waals surface area contributed by atoms with Gasteiger partial charge in [0.15, 0.2) is 0 Å². The highest BCUT2D eigenvalue weighted by Crippen LogP contribution is 2.39. The minimum Gasteiger partial charge on any atom is -0.342 e. The van der Waals surface area contributed by atoms with E-state index in [1.807, 2.05) is 0 Å². The average Bonchev–Trinajstić information content (AvgIpc) is 2.45. The zero-order valence-electron chi connectivity index (χ0n) is 12.3. The van der Waals surface area contributed by atoms with Crippen LogP contribution in [-0.4, -0.2) is 47.9 Å². The van der Waals surface area contributed by atoms with E-state index >= 15 is 0 Å². The van der Waals surface area contributed by atoms with Crippen molar-refractivity contribution in [1.82, 2.24) is 9.80 Å². The Morgan fingerprint density at radius 1 is 1.11 bits per heavy atom. The summed E-state index contributed by atoms with van der Waals surface area (Å²) >= 11 is 0. The summed E-state index contributed by atoms with van der Waals surface area (Å²) in [6, 6.07) is 0.803. The Morgan fingerprint density at radius 2 is 1.74 bits per heavy atom. The van der Waals surface area contributed by atoms with Crippen LogP contribution >= 0.6 is 0 Å². The minimum absolute atomic E-state index is 0.419. The zero-order valence-corrected chi connectivity index (χ0v) is 12.3. The molecule has 3 rings (SSSR count). The Morgan fingerprint density at radius 3 is 2.32 bits per heavy atom. The van der Waals surface area contributed by atoms with Gasteiger partial charge in [0.1, 0.15) is 0 Å². The molecule has 3 aliphatic rings. The number of unbranched alkanes of at least 4 members (excludes halogenated alkanes) is 1. The van der Waals surface area contributed by atoms with Crippen LogP contribution in [0.5, 0.6) is 0 Å².